The van der Waals surface area contributed by atoms with E-state index in [4.69, 9.17) is 0 Å². The first-order chi connectivity index (χ1) is 12.1. The number of nitrogens with zero attached hydrogens (tertiary/aromatic N) is 2. The molecule has 2 amide bonds. The molecular weight excluding hydrogens is 316 g/mol. The Balaban J connectivity index is 1.78. The molecule has 0 aliphatic heterocycles. The van der Waals surface area contributed by atoms with Gasteiger partial charge in [0.05, 0.1) is 5.56 Å². The molecule has 0 spiro atoms. The van der Waals surface area contributed by atoms with Crippen molar-refractivity contribution >= 4 is 34.1 Å². The van der Waals surface area contributed by atoms with Gasteiger partial charge in [0.2, 0.25) is 11.8 Å². The Kier molecular flexibility index (Phi) is 4.48. The Morgan fingerprint density at radius 1 is 1.08 bits per heavy atom. The molecule has 6 nitrogen and oxygen atoms in total. The first-order valence-corrected chi connectivity index (χ1v) is 7.72. The fraction of sp³-hybridized carbons (Fsp3) is 0.105. The lowest BCUT2D eigenvalue weighted by atomic mass is 10.2. The van der Waals surface area contributed by atoms with Crippen LogP contribution < -0.4 is 10.6 Å². The summed E-state index contributed by atoms with van der Waals surface area (Å²) in [6, 6.07) is 16.5. The van der Waals surface area contributed by atoms with E-state index in [1.54, 1.807) is 35.0 Å². The molecule has 2 N–H and O–H groups in total. The molecule has 0 bridgehead atoms. The van der Waals surface area contributed by atoms with Crippen molar-refractivity contribution in [2.24, 2.45) is 0 Å². The zero-order valence-electron chi connectivity index (χ0n) is 13.6. The largest absolute Gasteiger partial charge is 0.337 e. The highest BCUT2D eigenvalue weighted by molar-refractivity contribution is 5.94. The number of fused-ring (bicyclic) bond motifs is 1. The molecule has 0 aliphatic rings. The van der Waals surface area contributed by atoms with Gasteiger partial charge in [0.25, 0.3) is 0 Å². The molecular formula is C19H16N4O2. The van der Waals surface area contributed by atoms with Crippen molar-refractivity contribution in [2.75, 3.05) is 10.6 Å². The fourth-order valence-corrected chi connectivity index (χ4v) is 2.70. The summed E-state index contributed by atoms with van der Waals surface area (Å²) >= 11 is 0. The summed E-state index contributed by atoms with van der Waals surface area (Å²) in [6.07, 6.45) is 1.68. The SMILES string of the molecule is CC(=O)Nc1cccc(NC(=O)Cn2cc(C#N)c3ccccc32)c1. The van der Waals surface area contributed by atoms with Gasteiger partial charge in [-0.2, -0.15) is 5.26 Å². The molecule has 25 heavy (non-hydrogen) atoms. The maximum Gasteiger partial charge on any atom is 0.244 e. The smallest absolute Gasteiger partial charge is 0.244 e. The van der Waals surface area contributed by atoms with Gasteiger partial charge in [0.1, 0.15) is 12.6 Å². The average molecular weight is 332 g/mol. The van der Waals surface area contributed by atoms with E-state index in [9.17, 15) is 14.9 Å². The van der Waals surface area contributed by atoms with Crippen LogP contribution in [0.15, 0.2) is 54.7 Å². The second-order valence-electron chi connectivity index (χ2n) is 5.61. The lowest BCUT2D eigenvalue weighted by Gasteiger charge is -2.09. The van der Waals surface area contributed by atoms with Gasteiger partial charge in [-0.1, -0.05) is 24.3 Å². The number of nitrogens with one attached hydrogen (secondary N) is 2. The summed E-state index contributed by atoms with van der Waals surface area (Å²) in [4.78, 5) is 23.5. The third-order valence-electron chi connectivity index (χ3n) is 3.69. The molecule has 0 unspecified atom stereocenters. The lowest BCUT2D eigenvalue weighted by Crippen LogP contribution is -2.18. The van der Waals surface area contributed by atoms with Crippen molar-refractivity contribution in [3.63, 3.8) is 0 Å². The van der Waals surface area contributed by atoms with E-state index < -0.39 is 0 Å². The van der Waals surface area contributed by atoms with E-state index in [1.165, 1.54) is 6.92 Å². The summed E-state index contributed by atoms with van der Waals surface area (Å²) in [6.45, 7) is 1.52. The van der Waals surface area contributed by atoms with Crippen molar-refractivity contribution in [1.82, 2.24) is 4.57 Å². The van der Waals surface area contributed by atoms with Crippen LogP contribution in [0.4, 0.5) is 11.4 Å². The molecule has 1 heterocycles. The first kappa shape index (κ1) is 16.3. The predicted molar refractivity (Wildman–Crippen MR) is 96.0 cm³/mol. The van der Waals surface area contributed by atoms with Gasteiger partial charge >= 0.3 is 0 Å². The fourth-order valence-electron chi connectivity index (χ4n) is 2.70. The first-order valence-electron chi connectivity index (χ1n) is 7.72. The summed E-state index contributed by atoms with van der Waals surface area (Å²) in [5, 5.41) is 15.5. The monoisotopic (exact) mass is 332 g/mol. The van der Waals surface area contributed by atoms with E-state index in [0.29, 0.717) is 16.9 Å². The van der Waals surface area contributed by atoms with Crippen LogP contribution >= 0.6 is 0 Å². The number of aromatic nitrogens is 1. The van der Waals surface area contributed by atoms with Crippen LogP contribution in [0.5, 0.6) is 0 Å². The number of carbonyl (C=O) groups excluding carboxylic acids is 2. The minimum absolute atomic E-state index is 0.0898. The molecule has 124 valence electrons. The summed E-state index contributed by atoms with van der Waals surface area (Å²) in [5.41, 5.74) is 2.58. The van der Waals surface area contributed by atoms with E-state index in [1.807, 2.05) is 24.3 Å². The second-order valence-corrected chi connectivity index (χ2v) is 5.61. The minimum atomic E-state index is -0.217. The molecule has 0 radical (unpaired) electrons. The number of hydrogen-bond acceptors (Lipinski definition) is 3. The minimum Gasteiger partial charge on any atom is -0.337 e. The van der Waals surface area contributed by atoms with Gasteiger partial charge in [-0.15, -0.1) is 0 Å². The Hall–Kier alpha value is -3.59. The highest BCUT2D eigenvalue weighted by atomic mass is 16.2. The second kappa shape index (κ2) is 6.89. The van der Waals surface area contributed by atoms with Crippen LogP contribution in [0, 0.1) is 11.3 Å². The molecule has 2 aromatic carbocycles. The Labute approximate surface area is 144 Å². The van der Waals surface area contributed by atoms with Crippen LogP contribution in [0.3, 0.4) is 0 Å². The number of hydrogen-bond donors (Lipinski definition) is 2. The van der Waals surface area contributed by atoms with Crippen LogP contribution in [-0.2, 0) is 16.1 Å². The summed E-state index contributed by atoms with van der Waals surface area (Å²) in [5.74, 6) is -0.392. The van der Waals surface area contributed by atoms with Crippen LogP contribution in [0.25, 0.3) is 10.9 Å². The van der Waals surface area contributed by atoms with E-state index >= 15 is 0 Å². The highest BCUT2D eigenvalue weighted by Gasteiger charge is 2.11. The molecule has 3 aromatic rings. The molecule has 3 rings (SSSR count). The lowest BCUT2D eigenvalue weighted by molar-refractivity contribution is -0.116. The van der Waals surface area contributed by atoms with Crippen molar-refractivity contribution in [1.29, 1.82) is 5.26 Å². The van der Waals surface area contributed by atoms with Gasteiger partial charge < -0.3 is 15.2 Å². The van der Waals surface area contributed by atoms with Gasteiger partial charge in [0.15, 0.2) is 0 Å². The van der Waals surface area contributed by atoms with E-state index in [2.05, 4.69) is 16.7 Å². The van der Waals surface area contributed by atoms with Crippen LogP contribution in [-0.4, -0.2) is 16.4 Å². The van der Waals surface area contributed by atoms with Gasteiger partial charge in [0, 0.05) is 35.4 Å². The highest BCUT2D eigenvalue weighted by Crippen LogP contribution is 2.21. The van der Waals surface area contributed by atoms with Gasteiger partial charge in [-0.25, -0.2) is 0 Å². The molecule has 0 saturated carbocycles. The predicted octanol–water partition coefficient (Wildman–Crippen LogP) is 3.11. The number of amides is 2. The van der Waals surface area contributed by atoms with Crippen molar-refractivity contribution in [3.05, 3.63) is 60.3 Å². The number of anilines is 2. The zero-order chi connectivity index (χ0) is 17.8. The molecule has 0 saturated heterocycles. The maximum atomic E-state index is 12.4. The van der Waals surface area contributed by atoms with Crippen molar-refractivity contribution in [2.45, 2.75) is 13.5 Å². The Bertz CT molecular complexity index is 998. The number of rotatable bonds is 4. The molecule has 0 fully saturated rings. The summed E-state index contributed by atoms with van der Waals surface area (Å²) < 4.78 is 1.75. The Morgan fingerprint density at radius 3 is 2.52 bits per heavy atom. The zero-order valence-corrected chi connectivity index (χ0v) is 13.6. The normalized spacial score (nSPS) is 10.2. The third kappa shape index (κ3) is 3.67. The van der Waals surface area contributed by atoms with E-state index in [-0.39, 0.29) is 18.4 Å². The topological polar surface area (TPSA) is 86.9 Å². The molecule has 1 aromatic heterocycles. The molecule has 0 aliphatic carbocycles. The quantitative estimate of drug-likeness (QED) is 0.769. The van der Waals surface area contributed by atoms with Crippen LogP contribution in [0.2, 0.25) is 0 Å². The standard InChI is InChI=1S/C19H16N4O2/c1-13(24)21-15-5-4-6-16(9-15)22-19(25)12-23-11-14(10-20)17-7-2-3-8-18(17)23/h2-9,11H,12H2,1H3,(H,21,24)(H,22,25). The van der Waals surface area contributed by atoms with Crippen molar-refractivity contribution in [3.8, 4) is 6.07 Å². The number of nitriles is 1. The maximum absolute atomic E-state index is 12.4. The summed E-state index contributed by atoms with van der Waals surface area (Å²) in [7, 11) is 0. The van der Waals surface area contributed by atoms with Crippen LogP contribution in [0.1, 0.15) is 12.5 Å². The number of benzene rings is 2. The number of carbonyl (C=O) groups is 2. The third-order valence-corrected chi connectivity index (χ3v) is 3.69. The number of para-hydroxylation sites is 1. The van der Waals surface area contributed by atoms with Gasteiger partial charge in [-0.3, -0.25) is 9.59 Å². The van der Waals surface area contributed by atoms with Gasteiger partial charge in [-0.05, 0) is 24.3 Å². The van der Waals surface area contributed by atoms with E-state index in [0.717, 1.165) is 10.9 Å². The average Bonchev–Trinajstić information content (AvgIpc) is 2.92. The Morgan fingerprint density at radius 2 is 1.80 bits per heavy atom. The molecule has 6 heteroatoms. The van der Waals surface area contributed by atoms with Crippen molar-refractivity contribution < 1.29 is 9.59 Å². The molecule has 0 atom stereocenters.